The molecule has 134 valence electrons. The molecule has 0 spiro atoms. The lowest BCUT2D eigenvalue weighted by molar-refractivity contribution is -0.136. The molecule has 7 heteroatoms. The van der Waals surface area contributed by atoms with Gasteiger partial charge in [-0.2, -0.15) is 13.2 Å². The third-order valence-corrected chi connectivity index (χ3v) is 6.59. The Bertz CT molecular complexity index is 741. The Morgan fingerprint density at radius 1 is 1.16 bits per heavy atom. The van der Waals surface area contributed by atoms with Crippen molar-refractivity contribution in [3.63, 3.8) is 0 Å². The second kappa shape index (κ2) is 6.44. The van der Waals surface area contributed by atoms with Gasteiger partial charge in [0, 0.05) is 18.9 Å². The van der Waals surface area contributed by atoms with Crippen LogP contribution in [0.3, 0.4) is 0 Å². The fourth-order valence-corrected chi connectivity index (χ4v) is 4.83. The van der Waals surface area contributed by atoms with Crippen LogP contribution in [0.2, 0.25) is 19.6 Å². The molecule has 1 atom stereocenters. The van der Waals surface area contributed by atoms with Gasteiger partial charge in [-0.1, -0.05) is 25.7 Å². The van der Waals surface area contributed by atoms with Gasteiger partial charge >= 0.3 is 6.18 Å². The van der Waals surface area contributed by atoms with E-state index in [0.29, 0.717) is 17.5 Å². The third-order valence-electron chi connectivity index (χ3n) is 4.58. The Balaban J connectivity index is 2.03. The zero-order chi connectivity index (χ0) is 18.2. The number of anilines is 1. The number of hydrogen-bond acceptors (Lipinski definition) is 3. The summed E-state index contributed by atoms with van der Waals surface area (Å²) in [5.41, 5.74) is 0.341. The number of halogens is 3. The number of pyridine rings is 2. The number of nitrogens with zero attached hydrogens (tertiary/aromatic N) is 3. The molecule has 0 bridgehead atoms. The summed E-state index contributed by atoms with van der Waals surface area (Å²) in [5, 5.41) is 0.359. The zero-order valence-corrected chi connectivity index (χ0v) is 15.6. The molecule has 2 aromatic heterocycles. The molecule has 2 aromatic rings. The smallest absolute Gasteiger partial charge is 0.348 e. The highest BCUT2D eigenvalue weighted by Gasteiger charge is 2.39. The van der Waals surface area contributed by atoms with Gasteiger partial charge in [0.25, 0.3) is 0 Å². The molecule has 0 aromatic carbocycles. The second-order valence-corrected chi connectivity index (χ2v) is 12.5. The molecule has 25 heavy (non-hydrogen) atoms. The van der Waals surface area contributed by atoms with Crippen molar-refractivity contribution in [1.82, 2.24) is 9.97 Å². The second-order valence-electron chi connectivity index (χ2n) is 7.44. The first-order chi connectivity index (χ1) is 11.7. The molecule has 3 nitrogen and oxygen atoms in total. The van der Waals surface area contributed by atoms with E-state index in [1.165, 1.54) is 12.3 Å². The number of alkyl halides is 3. The fourth-order valence-electron chi connectivity index (χ4n) is 3.36. The molecule has 1 aliphatic heterocycles. The Morgan fingerprint density at radius 2 is 1.92 bits per heavy atom. The van der Waals surface area contributed by atoms with Gasteiger partial charge in [0.2, 0.25) is 0 Å². The first kappa shape index (κ1) is 17.9. The molecule has 1 aliphatic rings. The molecule has 3 rings (SSSR count). The fraction of sp³-hybridized carbons (Fsp3) is 0.444. The summed E-state index contributed by atoms with van der Waals surface area (Å²) in [7, 11) is -2.14. The van der Waals surface area contributed by atoms with Crippen molar-refractivity contribution >= 4 is 19.1 Å². The van der Waals surface area contributed by atoms with Crippen LogP contribution in [-0.2, 0) is 6.18 Å². The van der Waals surface area contributed by atoms with Gasteiger partial charge in [0.15, 0.2) is 0 Å². The summed E-state index contributed by atoms with van der Waals surface area (Å²) in [6.07, 6.45) is 0.580. The zero-order valence-electron chi connectivity index (χ0n) is 14.6. The lowest BCUT2D eigenvalue weighted by Crippen LogP contribution is -2.43. The van der Waals surface area contributed by atoms with Crippen molar-refractivity contribution < 1.29 is 13.2 Å². The Hall–Kier alpha value is -1.89. The number of aromatic nitrogens is 2. The van der Waals surface area contributed by atoms with E-state index in [-0.39, 0.29) is 6.04 Å². The lowest BCUT2D eigenvalue weighted by atomic mass is 10.1. The molecule has 0 amide bonds. The summed E-state index contributed by atoms with van der Waals surface area (Å²) in [5.74, 6) is 0.391. The summed E-state index contributed by atoms with van der Waals surface area (Å²) < 4.78 is 40.9. The molecule has 0 N–H and O–H groups in total. The molecule has 1 unspecified atom stereocenters. The van der Waals surface area contributed by atoms with Gasteiger partial charge in [0.1, 0.15) is 5.82 Å². The van der Waals surface area contributed by atoms with E-state index in [2.05, 4.69) is 9.97 Å². The van der Waals surface area contributed by atoms with Crippen LogP contribution >= 0.6 is 0 Å². The van der Waals surface area contributed by atoms with Crippen LogP contribution in [0.25, 0.3) is 0 Å². The minimum absolute atomic E-state index is 0.0208. The SMILES string of the molecule is C[Si](C)(C)c1cnc(N2CCCC2c2ccccn2)cc1C(F)(F)F. The van der Waals surface area contributed by atoms with E-state index >= 15 is 0 Å². The van der Waals surface area contributed by atoms with E-state index in [0.717, 1.165) is 18.5 Å². The average Bonchev–Trinajstić information content (AvgIpc) is 3.03. The van der Waals surface area contributed by atoms with Crippen molar-refractivity contribution in [2.45, 2.75) is 44.7 Å². The largest absolute Gasteiger partial charge is 0.416 e. The summed E-state index contributed by atoms with van der Waals surface area (Å²) in [6.45, 7) is 6.42. The van der Waals surface area contributed by atoms with E-state index in [4.69, 9.17) is 0 Å². The van der Waals surface area contributed by atoms with Crippen molar-refractivity contribution in [2.75, 3.05) is 11.4 Å². The average molecular weight is 365 g/mol. The molecule has 1 fully saturated rings. The van der Waals surface area contributed by atoms with E-state index < -0.39 is 19.8 Å². The highest BCUT2D eigenvalue weighted by Crippen LogP contribution is 2.37. The predicted molar refractivity (Wildman–Crippen MR) is 95.8 cm³/mol. The van der Waals surface area contributed by atoms with Crippen LogP contribution in [0.5, 0.6) is 0 Å². The number of rotatable bonds is 3. The first-order valence-corrected chi connectivity index (χ1v) is 11.9. The standard InChI is InChI=1S/C18H22F3N3Si/c1-25(2,3)16-12-23-17(11-13(16)18(19,20)21)24-10-6-8-15(24)14-7-4-5-9-22-14/h4-5,7,9,11-12,15H,6,8,10H2,1-3H3. The van der Waals surface area contributed by atoms with Gasteiger partial charge in [-0.25, -0.2) is 4.98 Å². The molecule has 3 heterocycles. The molecule has 0 radical (unpaired) electrons. The summed E-state index contributed by atoms with van der Waals surface area (Å²) in [6, 6.07) is 6.87. The maximum Gasteiger partial charge on any atom is 0.416 e. The van der Waals surface area contributed by atoms with Crippen LogP contribution in [0.1, 0.15) is 30.1 Å². The topological polar surface area (TPSA) is 29.0 Å². The molecule has 0 saturated carbocycles. The maximum absolute atomic E-state index is 13.6. The van der Waals surface area contributed by atoms with Crippen LogP contribution < -0.4 is 10.1 Å². The van der Waals surface area contributed by atoms with E-state index in [9.17, 15) is 13.2 Å². The Labute approximate surface area is 146 Å². The molecule has 1 saturated heterocycles. The van der Waals surface area contributed by atoms with Crippen molar-refractivity contribution in [3.8, 4) is 0 Å². The van der Waals surface area contributed by atoms with Gasteiger partial charge in [0.05, 0.1) is 25.4 Å². The minimum atomic E-state index is -4.37. The molecule has 0 aliphatic carbocycles. The summed E-state index contributed by atoms with van der Waals surface area (Å²) >= 11 is 0. The minimum Gasteiger partial charge on any atom is -0.348 e. The quantitative estimate of drug-likeness (QED) is 0.756. The van der Waals surface area contributed by atoms with Crippen molar-refractivity contribution in [3.05, 3.63) is 47.9 Å². The Morgan fingerprint density at radius 3 is 2.52 bits per heavy atom. The molecular formula is C18H22F3N3Si. The summed E-state index contributed by atoms with van der Waals surface area (Å²) in [4.78, 5) is 10.7. The van der Waals surface area contributed by atoms with Crippen LogP contribution in [0.15, 0.2) is 36.7 Å². The monoisotopic (exact) mass is 365 g/mol. The van der Waals surface area contributed by atoms with Gasteiger partial charge in [-0.3, -0.25) is 4.98 Å². The van der Waals surface area contributed by atoms with Crippen LogP contribution in [0.4, 0.5) is 19.0 Å². The lowest BCUT2D eigenvalue weighted by Gasteiger charge is -2.28. The van der Waals surface area contributed by atoms with Gasteiger partial charge in [-0.05, 0) is 36.2 Å². The van der Waals surface area contributed by atoms with Crippen molar-refractivity contribution in [2.24, 2.45) is 0 Å². The van der Waals surface area contributed by atoms with Gasteiger partial charge in [-0.15, -0.1) is 0 Å². The van der Waals surface area contributed by atoms with E-state index in [1.807, 2.05) is 42.7 Å². The van der Waals surface area contributed by atoms with Crippen molar-refractivity contribution in [1.29, 1.82) is 0 Å². The van der Waals surface area contributed by atoms with Crippen LogP contribution in [-0.4, -0.2) is 24.6 Å². The highest BCUT2D eigenvalue weighted by atomic mass is 28.3. The third kappa shape index (κ3) is 3.71. The van der Waals surface area contributed by atoms with E-state index in [1.54, 1.807) is 6.20 Å². The Kier molecular flexibility index (Phi) is 4.61. The molecular weight excluding hydrogens is 343 g/mol. The first-order valence-electron chi connectivity index (χ1n) is 8.43. The predicted octanol–water partition coefficient (Wildman–Crippen LogP) is 4.38. The highest BCUT2D eigenvalue weighted by molar-refractivity contribution is 6.89. The maximum atomic E-state index is 13.6. The number of hydrogen-bond donors (Lipinski definition) is 0. The van der Waals surface area contributed by atoms with Crippen LogP contribution in [0, 0.1) is 0 Å². The van der Waals surface area contributed by atoms with Gasteiger partial charge < -0.3 is 4.90 Å². The normalized spacial score (nSPS) is 18.6.